The van der Waals surface area contributed by atoms with Crippen molar-refractivity contribution in [2.45, 2.75) is 70.6 Å². The van der Waals surface area contributed by atoms with E-state index in [9.17, 15) is 9.59 Å². The summed E-state index contributed by atoms with van der Waals surface area (Å²) in [7, 11) is 0. The molecule has 3 atom stereocenters. The number of hydrogen-bond donors (Lipinski definition) is 0. The minimum atomic E-state index is -0.574. The first kappa shape index (κ1) is 27.1. The second-order valence-corrected chi connectivity index (χ2v) is 11.6. The molecule has 3 fully saturated rings. The molecule has 3 aliphatic rings. The SMILES string of the molecule is CC[C@@H]1CN(C(=O)[C@@H]2CN(C3CCOCC3)C[C@H]2c2ccc(Cl)cc2F)CCN1C(=O)OC(C)(C)C. The standard InChI is InChI=1S/C27H39ClFN3O4/c1-5-19-15-30(10-11-32(19)26(34)36-27(2,3)4)25(33)23-17-31(20-8-12-35-13-9-20)16-22(23)21-7-6-18(28)14-24(21)29/h6-7,14,19-20,22-23H,5,8-13,15-17H2,1-4H3/t19-,22+,23-/m1/s1. The summed E-state index contributed by atoms with van der Waals surface area (Å²) in [5.41, 5.74) is -0.0258. The molecule has 1 aromatic rings. The van der Waals surface area contributed by atoms with E-state index in [4.69, 9.17) is 21.1 Å². The largest absolute Gasteiger partial charge is 0.444 e. The minimum Gasteiger partial charge on any atom is -0.444 e. The summed E-state index contributed by atoms with van der Waals surface area (Å²) in [6, 6.07) is 4.98. The molecule has 0 aromatic heterocycles. The average Bonchev–Trinajstić information content (AvgIpc) is 3.27. The first-order valence-corrected chi connectivity index (χ1v) is 13.5. The molecule has 0 unspecified atom stereocenters. The van der Waals surface area contributed by atoms with Gasteiger partial charge in [-0.3, -0.25) is 9.69 Å². The van der Waals surface area contributed by atoms with Crippen LogP contribution in [0.25, 0.3) is 0 Å². The molecule has 3 saturated heterocycles. The fraction of sp³-hybridized carbons (Fsp3) is 0.704. The van der Waals surface area contributed by atoms with Gasteiger partial charge < -0.3 is 19.3 Å². The van der Waals surface area contributed by atoms with Crippen molar-refractivity contribution in [1.82, 2.24) is 14.7 Å². The monoisotopic (exact) mass is 523 g/mol. The third-order valence-corrected chi connectivity index (χ3v) is 7.86. The second-order valence-electron chi connectivity index (χ2n) is 11.2. The van der Waals surface area contributed by atoms with E-state index in [1.54, 1.807) is 17.0 Å². The Morgan fingerprint density at radius 2 is 1.86 bits per heavy atom. The third-order valence-electron chi connectivity index (χ3n) is 7.63. The number of amides is 2. The number of carbonyl (C=O) groups excluding carboxylic acids is 2. The van der Waals surface area contributed by atoms with E-state index in [0.29, 0.717) is 62.6 Å². The maximum atomic E-state index is 15.0. The number of benzene rings is 1. The summed E-state index contributed by atoms with van der Waals surface area (Å²) < 4.78 is 26.2. The van der Waals surface area contributed by atoms with Crippen molar-refractivity contribution >= 4 is 23.6 Å². The van der Waals surface area contributed by atoms with Gasteiger partial charge in [0.05, 0.1) is 12.0 Å². The quantitative estimate of drug-likeness (QED) is 0.580. The molecule has 2 amide bonds. The van der Waals surface area contributed by atoms with Gasteiger partial charge >= 0.3 is 6.09 Å². The zero-order valence-electron chi connectivity index (χ0n) is 21.8. The molecule has 0 saturated carbocycles. The molecule has 0 N–H and O–H groups in total. The van der Waals surface area contributed by atoms with Crippen molar-refractivity contribution in [3.63, 3.8) is 0 Å². The first-order valence-electron chi connectivity index (χ1n) is 13.1. The van der Waals surface area contributed by atoms with E-state index in [1.807, 2.05) is 32.6 Å². The van der Waals surface area contributed by atoms with Gasteiger partial charge in [-0.25, -0.2) is 9.18 Å². The number of piperazine rings is 1. The molecule has 3 heterocycles. The van der Waals surface area contributed by atoms with Crippen LogP contribution < -0.4 is 0 Å². The molecule has 200 valence electrons. The maximum absolute atomic E-state index is 15.0. The third kappa shape index (κ3) is 6.14. The Morgan fingerprint density at radius 3 is 2.50 bits per heavy atom. The molecule has 0 bridgehead atoms. The Bertz CT molecular complexity index is 949. The summed E-state index contributed by atoms with van der Waals surface area (Å²) in [5.74, 6) is -0.929. The maximum Gasteiger partial charge on any atom is 0.410 e. The highest BCUT2D eigenvalue weighted by atomic mass is 35.5. The Labute approximate surface area is 218 Å². The highest BCUT2D eigenvalue weighted by Gasteiger charge is 2.45. The van der Waals surface area contributed by atoms with Crippen molar-refractivity contribution in [3.05, 3.63) is 34.6 Å². The number of carbonyl (C=O) groups is 2. The molecule has 3 aliphatic heterocycles. The number of rotatable bonds is 4. The summed E-state index contributed by atoms with van der Waals surface area (Å²) in [6.45, 7) is 11.6. The predicted molar refractivity (Wildman–Crippen MR) is 137 cm³/mol. The van der Waals surface area contributed by atoms with Crippen LogP contribution in [0.2, 0.25) is 5.02 Å². The summed E-state index contributed by atoms with van der Waals surface area (Å²) >= 11 is 6.02. The van der Waals surface area contributed by atoms with Crippen LogP contribution in [0.15, 0.2) is 18.2 Å². The number of likely N-dealkylation sites (tertiary alicyclic amines) is 1. The lowest BCUT2D eigenvalue weighted by Gasteiger charge is -2.42. The van der Waals surface area contributed by atoms with E-state index in [1.165, 1.54) is 6.07 Å². The molecule has 9 heteroatoms. The Morgan fingerprint density at radius 1 is 1.14 bits per heavy atom. The molecule has 0 aliphatic carbocycles. The van der Waals surface area contributed by atoms with E-state index < -0.39 is 5.60 Å². The normalized spacial score (nSPS) is 26.3. The fourth-order valence-electron chi connectivity index (χ4n) is 5.75. The van der Waals surface area contributed by atoms with Gasteiger partial charge in [-0.15, -0.1) is 0 Å². The van der Waals surface area contributed by atoms with Gasteiger partial charge in [-0.2, -0.15) is 0 Å². The highest BCUT2D eigenvalue weighted by Crippen LogP contribution is 2.38. The molecule has 0 spiro atoms. The van der Waals surface area contributed by atoms with E-state index >= 15 is 4.39 Å². The van der Waals surface area contributed by atoms with Crippen LogP contribution in [0.4, 0.5) is 9.18 Å². The lowest BCUT2D eigenvalue weighted by Crippen LogP contribution is -2.58. The van der Waals surface area contributed by atoms with Gasteiger partial charge in [0, 0.05) is 62.9 Å². The average molecular weight is 524 g/mol. The molecule has 36 heavy (non-hydrogen) atoms. The Hall–Kier alpha value is -1.90. The van der Waals surface area contributed by atoms with Gasteiger partial charge in [0.15, 0.2) is 0 Å². The highest BCUT2D eigenvalue weighted by molar-refractivity contribution is 6.30. The lowest BCUT2D eigenvalue weighted by molar-refractivity contribution is -0.138. The van der Waals surface area contributed by atoms with Crippen LogP contribution in [0.3, 0.4) is 0 Å². The molecular formula is C27H39ClFN3O4. The van der Waals surface area contributed by atoms with Crippen molar-refractivity contribution in [2.75, 3.05) is 45.9 Å². The van der Waals surface area contributed by atoms with Crippen LogP contribution >= 0.6 is 11.6 Å². The molecule has 7 nitrogen and oxygen atoms in total. The van der Waals surface area contributed by atoms with Crippen molar-refractivity contribution in [3.8, 4) is 0 Å². The van der Waals surface area contributed by atoms with Gasteiger partial charge in [0.2, 0.25) is 5.91 Å². The van der Waals surface area contributed by atoms with Gasteiger partial charge in [0.1, 0.15) is 11.4 Å². The van der Waals surface area contributed by atoms with Crippen LogP contribution in [0.5, 0.6) is 0 Å². The summed E-state index contributed by atoms with van der Waals surface area (Å²) in [4.78, 5) is 32.7. The topological polar surface area (TPSA) is 62.3 Å². The van der Waals surface area contributed by atoms with Gasteiger partial charge in [0.25, 0.3) is 0 Å². The second kappa shape index (κ2) is 11.2. The van der Waals surface area contributed by atoms with Crippen molar-refractivity contribution in [1.29, 1.82) is 0 Å². The van der Waals surface area contributed by atoms with Crippen LogP contribution in [-0.2, 0) is 14.3 Å². The molecule has 0 radical (unpaired) electrons. The molecule has 4 rings (SSSR count). The van der Waals surface area contributed by atoms with E-state index in [0.717, 1.165) is 19.3 Å². The number of halogens is 2. The van der Waals surface area contributed by atoms with E-state index in [2.05, 4.69) is 4.90 Å². The first-order chi connectivity index (χ1) is 17.1. The van der Waals surface area contributed by atoms with Gasteiger partial charge in [-0.1, -0.05) is 24.6 Å². The number of hydrogen-bond acceptors (Lipinski definition) is 5. The smallest absolute Gasteiger partial charge is 0.410 e. The summed E-state index contributed by atoms with van der Waals surface area (Å²) in [6.07, 6.45) is 2.22. The van der Waals surface area contributed by atoms with E-state index in [-0.39, 0.29) is 35.7 Å². The Balaban J connectivity index is 1.52. The lowest BCUT2D eigenvalue weighted by atomic mass is 9.87. The van der Waals surface area contributed by atoms with Crippen LogP contribution in [0.1, 0.15) is 58.4 Å². The van der Waals surface area contributed by atoms with Crippen molar-refractivity contribution < 1.29 is 23.5 Å². The summed E-state index contributed by atoms with van der Waals surface area (Å²) in [5, 5.41) is 0.350. The molecule has 1 aromatic carbocycles. The Kier molecular flexibility index (Phi) is 8.47. The number of ether oxygens (including phenoxy) is 2. The molecular weight excluding hydrogens is 485 g/mol. The minimum absolute atomic E-state index is 0.0335. The van der Waals surface area contributed by atoms with Crippen molar-refractivity contribution in [2.24, 2.45) is 5.92 Å². The van der Waals surface area contributed by atoms with Gasteiger partial charge in [-0.05, 0) is 57.7 Å². The number of nitrogens with zero attached hydrogens (tertiary/aromatic N) is 3. The van der Waals surface area contributed by atoms with Crippen LogP contribution in [0, 0.1) is 11.7 Å². The predicted octanol–water partition coefficient (Wildman–Crippen LogP) is 4.53. The fourth-order valence-corrected chi connectivity index (χ4v) is 5.91. The van der Waals surface area contributed by atoms with Crippen LogP contribution in [-0.4, -0.2) is 90.3 Å². The zero-order chi connectivity index (χ0) is 26.0. The zero-order valence-corrected chi connectivity index (χ0v) is 22.6.